The van der Waals surface area contributed by atoms with Gasteiger partial charge in [0.2, 0.25) is 0 Å². The number of morpholine rings is 1. The highest BCUT2D eigenvalue weighted by Gasteiger charge is 2.12. The van der Waals surface area contributed by atoms with Crippen molar-refractivity contribution < 1.29 is 4.74 Å². The van der Waals surface area contributed by atoms with Crippen molar-refractivity contribution in [1.29, 1.82) is 0 Å². The number of nitrogens with zero attached hydrogens (tertiary/aromatic N) is 2. The molecule has 0 amide bonds. The van der Waals surface area contributed by atoms with Crippen LogP contribution in [0.25, 0.3) is 10.9 Å². The predicted octanol–water partition coefficient (Wildman–Crippen LogP) is 2.72. The standard InChI is InChI=1S/C14H15ClN2O/c15-14-5-4-12-11(2-1-3-13(12)16-14)10-17-6-8-18-9-7-17/h1-5H,6-10H2. The molecule has 1 aliphatic heterocycles. The Morgan fingerprint density at radius 2 is 2.00 bits per heavy atom. The van der Waals surface area contributed by atoms with Gasteiger partial charge in [-0.3, -0.25) is 4.90 Å². The van der Waals surface area contributed by atoms with Crippen molar-refractivity contribution in [2.45, 2.75) is 6.54 Å². The van der Waals surface area contributed by atoms with Crippen LogP contribution in [-0.2, 0) is 11.3 Å². The van der Waals surface area contributed by atoms with Crippen LogP contribution in [0.15, 0.2) is 30.3 Å². The molecule has 1 aromatic heterocycles. The molecule has 0 bridgehead atoms. The minimum absolute atomic E-state index is 0.547. The summed E-state index contributed by atoms with van der Waals surface area (Å²) in [5, 5.41) is 1.74. The van der Waals surface area contributed by atoms with Gasteiger partial charge >= 0.3 is 0 Å². The van der Waals surface area contributed by atoms with Crippen LogP contribution in [-0.4, -0.2) is 36.2 Å². The van der Waals surface area contributed by atoms with Crippen LogP contribution in [0.1, 0.15) is 5.56 Å². The molecule has 94 valence electrons. The molecule has 0 aliphatic carbocycles. The Bertz CT molecular complexity index is 552. The highest BCUT2D eigenvalue weighted by atomic mass is 35.5. The van der Waals surface area contributed by atoms with E-state index in [2.05, 4.69) is 22.0 Å². The molecule has 4 heteroatoms. The highest BCUT2D eigenvalue weighted by molar-refractivity contribution is 6.29. The Kier molecular flexibility index (Phi) is 3.46. The SMILES string of the molecule is Clc1ccc2c(CN3CCOCC3)cccc2n1. The number of benzene rings is 1. The van der Waals surface area contributed by atoms with Gasteiger partial charge in [0.05, 0.1) is 18.7 Å². The zero-order chi connectivity index (χ0) is 12.4. The first-order valence-corrected chi connectivity index (χ1v) is 6.55. The molecular formula is C14H15ClN2O. The summed E-state index contributed by atoms with van der Waals surface area (Å²) in [7, 11) is 0. The number of fused-ring (bicyclic) bond motifs is 1. The lowest BCUT2D eigenvalue weighted by atomic mass is 10.1. The predicted molar refractivity (Wildman–Crippen MR) is 72.8 cm³/mol. The van der Waals surface area contributed by atoms with Crippen LogP contribution < -0.4 is 0 Å². The van der Waals surface area contributed by atoms with E-state index in [1.54, 1.807) is 0 Å². The quantitative estimate of drug-likeness (QED) is 0.778. The lowest BCUT2D eigenvalue weighted by molar-refractivity contribution is 0.0343. The number of hydrogen-bond acceptors (Lipinski definition) is 3. The van der Waals surface area contributed by atoms with Gasteiger partial charge in [-0.25, -0.2) is 4.98 Å². The molecule has 0 radical (unpaired) electrons. The average molecular weight is 263 g/mol. The second-order valence-corrected chi connectivity index (χ2v) is 4.89. The third-order valence-corrected chi connectivity index (χ3v) is 3.50. The molecule has 0 N–H and O–H groups in total. The molecular weight excluding hydrogens is 248 g/mol. The van der Waals surface area contributed by atoms with Crippen LogP contribution in [0, 0.1) is 0 Å². The van der Waals surface area contributed by atoms with Crippen LogP contribution in [0.5, 0.6) is 0 Å². The van der Waals surface area contributed by atoms with Gasteiger partial charge in [-0.15, -0.1) is 0 Å². The van der Waals surface area contributed by atoms with Gasteiger partial charge in [0, 0.05) is 25.0 Å². The fraction of sp³-hybridized carbons (Fsp3) is 0.357. The Morgan fingerprint density at radius 3 is 2.83 bits per heavy atom. The second kappa shape index (κ2) is 5.22. The maximum absolute atomic E-state index is 5.92. The minimum atomic E-state index is 0.547. The van der Waals surface area contributed by atoms with Gasteiger partial charge in [0.15, 0.2) is 0 Å². The molecule has 0 atom stereocenters. The Balaban J connectivity index is 1.91. The van der Waals surface area contributed by atoms with Crippen molar-refractivity contribution >= 4 is 22.5 Å². The summed E-state index contributed by atoms with van der Waals surface area (Å²) in [6.45, 7) is 4.60. The summed E-state index contributed by atoms with van der Waals surface area (Å²) in [4.78, 5) is 6.76. The van der Waals surface area contributed by atoms with E-state index in [-0.39, 0.29) is 0 Å². The number of ether oxygens (including phenoxy) is 1. The number of aromatic nitrogens is 1. The van der Waals surface area contributed by atoms with Crippen LogP contribution in [0.3, 0.4) is 0 Å². The number of pyridine rings is 1. The molecule has 1 saturated heterocycles. The summed E-state index contributed by atoms with van der Waals surface area (Å²) >= 11 is 5.92. The summed E-state index contributed by atoms with van der Waals surface area (Å²) in [6, 6.07) is 10.1. The highest BCUT2D eigenvalue weighted by Crippen LogP contribution is 2.21. The van der Waals surface area contributed by atoms with E-state index < -0.39 is 0 Å². The third kappa shape index (κ3) is 2.48. The molecule has 1 aromatic carbocycles. The van der Waals surface area contributed by atoms with Crippen LogP contribution >= 0.6 is 11.6 Å². The van der Waals surface area contributed by atoms with Crippen molar-refractivity contribution in [2.24, 2.45) is 0 Å². The van der Waals surface area contributed by atoms with E-state index >= 15 is 0 Å². The molecule has 3 rings (SSSR count). The summed E-state index contributed by atoms with van der Waals surface area (Å²) < 4.78 is 5.37. The Morgan fingerprint density at radius 1 is 1.17 bits per heavy atom. The van der Waals surface area contributed by atoms with Crippen molar-refractivity contribution in [3.05, 3.63) is 41.0 Å². The lowest BCUT2D eigenvalue weighted by Gasteiger charge is -2.27. The van der Waals surface area contributed by atoms with Crippen molar-refractivity contribution in [3.8, 4) is 0 Å². The van der Waals surface area contributed by atoms with Gasteiger partial charge in [-0.2, -0.15) is 0 Å². The van der Waals surface area contributed by atoms with E-state index in [4.69, 9.17) is 16.3 Å². The van der Waals surface area contributed by atoms with Gasteiger partial charge in [-0.05, 0) is 23.8 Å². The normalized spacial score (nSPS) is 17.2. The first-order chi connectivity index (χ1) is 8.83. The van der Waals surface area contributed by atoms with Gasteiger partial charge in [0.1, 0.15) is 5.15 Å². The zero-order valence-electron chi connectivity index (χ0n) is 10.1. The van der Waals surface area contributed by atoms with E-state index in [1.807, 2.05) is 18.2 Å². The van der Waals surface area contributed by atoms with E-state index in [9.17, 15) is 0 Å². The van der Waals surface area contributed by atoms with Crippen molar-refractivity contribution in [2.75, 3.05) is 26.3 Å². The third-order valence-electron chi connectivity index (χ3n) is 3.29. The minimum Gasteiger partial charge on any atom is -0.379 e. The maximum Gasteiger partial charge on any atom is 0.129 e. The summed E-state index contributed by atoms with van der Waals surface area (Å²) in [6.07, 6.45) is 0. The smallest absolute Gasteiger partial charge is 0.129 e. The maximum atomic E-state index is 5.92. The molecule has 0 saturated carbocycles. The Hall–Kier alpha value is -1.16. The largest absolute Gasteiger partial charge is 0.379 e. The van der Waals surface area contributed by atoms with Crippen LogP contribution in [0.2, 0.25) is 5.15 Å². The first kappa shape index (κ1) is 11.9. The van der Waals surface area contributed by atoms with Gasteiger partial charge in [-0.1, -0.05) is 23.7 Å². The topological polar surface area (TPSA) is 25.4 Å². The molecule has 0 unspecified atom stereocenters. The monoisotopic (exact) mass is 262 g/mol. The Labute approximate surface area is 111 Å². The zero-order valence-corrected chi connectivity index (χ0v) is 10.9. The molecule has 3 nitrogen and oxygen atoms in total. The fourth-order valence-electron chi connectivity index (χ4n) is 2.33. The lowest BCUT2D eigenvalue weighted by Crippen LogP contribution is -2.35. The second-order valence-electron chi connectivity index (χ2n) is 4.51. The molecule has 2 aromatic rings. The van der Waals surface area contributed by atoms with Gasteiger partial charge in [0.25, 0.3) is 0 Å². The molecule has 18 heavy (non-hydrogen) atoms. The van der Waals surface area contributed by atoms with E-state index in [0.29, 0.717) is 5.15 Å². The number of rotatable bonds is 2. The number of halogens is 1. The average Bonchev–Trinajstić information content (AvgIpc) is 2.40. The molecule has 1 aliphatic rings. The number of hydrogen-bond donors (Lipinski definition) is 0. The summed E-state index contributed by atoms with van der Waals surface area (Å²) in [5.41, 5.74) is 2.27. The van der Waals surface area contributed by atoms with E-state index in [1.165, 1.54) is 10.9 Å². The first-order valence-electron chi connectivity index (χ1n) is 6.17. The van der Waals surface area contributed by atoms with Crippen molar-refractivity contribution in [1.82, 2.24) is 9.88 Å². The van der Waals surface area contributed by atoms with Crippen molar-refractivity contribution in [3.63, 3.8) is 0 Å². The fourth-order valence-corrected chi connectivity index (χ4v) is 2.49. The van der Waals surface area contributed by atoms with Crippen LogP contribution in [0.4, 0.5) is 0 Å². The molecule has 0 spiro atoms. The van der Waals surface area contributed by atoms with Gasteiger partial charge < -0.3 is 4.74 Å². The van der Waals surface area contributed by atoms with E-state index in [0.717, 1.165) is 38.4 Å². The molecule has 2 heterocycles. The molecule has 1 fully saturated rings. The summed E-state index contributed by atoms with van der Waals surface area (Å²) in [5.74, 6) is 0.